The quantitative estimate of drug-likeness (QED) is 0.373. The fourth-order valence-electron chi connectivity index (χ4n) is 3.72. The van der Waals surface area contributed by atoms with Crippen molar-refractivity contribution in [2.24, 2.45) is 0 Å². The molecule has 0 aliphatic carbocycles. The van der Waals surface area contributed by atoms with E-state index >= 15 is 0 Å². The fraction of sp³-hybridized carbons (Fsp3) is 0.208. The maximum atomic E-state index is 12.7. The number of hydrogen-bond acceptors (Lipinski definition) is 5. The molecule has 8 heteroatoms. The molecule has 2 heterocycles. The SMILES string of the molecule is CSCC[C@H](NC(=O)c1cc2c3ccccc3n(Cc3ccccc3)c2cn1)C(=O)[O-].[Na+]. The second-order valence-corrected chi connectivity index (χ2v) is 8.29. The molecule has 1 N–H and O–H groups in total. The number of fused-ring (bicyclic) bond motifs is 3. The van der Waals surface area contributed by atoms with Gasteiger partial charge in [0, 0.05) is 22.8 Å². The zero-order chi connectivity index (χ0) is 21.8. The van der Waals surface area contributed by atoms with Gasteiger partial charge in [-0.25, -0.2) is 4.98 Å². The Labute approximate surface area is 212 Å². The summed E-state index contributed by atoms with van der Waals surface area (Å²) in [7, 11) is 0. The van der Waals surface area contributed by atoms with Crippen molar-refractivity contribution in [1.82, 2.24) is 14.9 Å². The van der Waals surface area contributed by atoms with E-state index in [9.17, 15) is 14.7 Å². The summed E-state index contributed by atoms with van der Waals surface area (Å²) < 4.78 is 2.18. The van der Waals surface area contributed by atoms with Crippen molar-refractivity contribution in [1.29, 1.82) is 0 Å². The van der Waals surface area contributed by atoms with Crippen LogP contribution in [0, 0.1) is 0 Å². The molecule has 4 aromatic rings. The third kappa shape index (κ3) is 5.18. The van der Waals surface area contributed by atoms with Crippen LogP contribution in [0.25, 0.3) is 21.8 Å². The summed E-state index contributed by atoms with van der Waals surface area (Å²) in [6.07, 6.45) is 3.87. The fourth-order valence-corrected chi connectivity index (χ4v) is 4.19. The van der Waals surface area contributed by atoms with Crippen LogP contribution in [0.3, 0.4) is 0 Å². The number of pyridine rings is 1. The van der Waals surface area contributed by atoms with E-state index in [2.05, 4.69) is 27.0 Å². The average molecular weight is 456 g/mol. The van der Waals surface area contributed by atoms with E-state index in [1.165, 1.54) is 11.8 Å². The van der Waals surface area contributed by atoms with Gasteiger partial charge in [-0.1, -0.05) is 48.5 Å². The number of nitrogens with zero attached hydrogens (tertiary/aromatic N) is 2. The standard InChI is InChI=1S/C24H23N3O3S.Na/c1-31-12-11-19(24(29)30)26-23(28)20-13-18-17-9-5-6-10-21(17)27(22(18)14-25-20)15-16-7-3-2-4-8-16;/h2-10,13-14,19H,11-12,15H2,1H3,(H,26,28)(H,29,30);/q;+1/p-1/t19-;/m0./s1. The molecule has 0 fully saturated rings. The molecule has 4 rings (SSSR count). The van der Waals surface area contributed by atoms with Crippen LogP contribution in [-0.2, 0) is 11.3 Å². The number of benzene rings is 2. The number of aromatic nitrogens is 2. The topological polar surface area (TPSA) is 87.0 Å². The van der Waals surface area contributed by atoms with Crippen molar-refractivity contribution in [2.75, 3.05) is 12.0 Å². The second kappa shape index (κ2) is 11.0. The summed E-state index contributed by atoms with van der Waals surface area (Å²) in [4.78, 5) is 28.4. The molecule has 32 heavy (non-hydrogen) atoms. The Balaban J connectivity index is 0.00000289. The number of thioether (sulfide) groups is 1. The van der Waals surface area contributed by atoms with E-state index in [0.717, 1.165) is 27.4 Å². The summed E-state index contributed by atoms with van der Waals surface area (Å²) in [6, 6.07) is 18.9. The Morgan fingerprint density at radius 1 is 1.06 bits per heavy atom. The van der Waals surface area contributed by atoms with Gasteiger partial charge >= 0.3 is 29.6 Å². The first-order valence-electron chi connectivity index (χ1n) is 10.00. The molecular weight excluding hydrogens is 433 g/mol. The molecule has 6 nitrogen and oxygen atoms in total. The molecule has 0 bridgehead atoms. The minimum Gasteiger partial charge on any atom is -0.548 e. The van der Waals surface area contributed by atoms with Crippen molar-refractivity contribution in [3.8, 4) is 0 Å². The number of para-hydroxylation sites is 1. The smallest absolute Gasteiger partial charge is 0.548 e. The predicted molar refractivity (Wildman–Crippen MR) is 122 cm³/mol. The van der Waals surface area contributed by atoms with Gasteiger partial charge in [-0.3, -0.25) is 4.79 Å². The van der Waals surface area contributed by atoms with Gasteiger partial charge < -0.3 is 19.8 Å². The van der Waals surface area contributed by atoms with Crippen molar-refractivity contribution in [3.05, 3.63) is 78.1 Å². The molecule has 0 aliphatic rings. The first kappa shape index (κ1) is 24.3. The number of carbonyl (C=O) groups excluding carboxylic acids is 2. The Bertz CT molecular complexity index is 1240. The van der Waals surface area contributed by atoms with Gasteiger partial charge in [-0.15, -0.1) is 0 Å². The number of hydrogen-bond donors (Lipinski definition) is 1. The van der Waals surface area contributed by atoms with E-state index in [-0.39, 0.29) is 35.3 Å². The number of carboxylic acid groups (broad SMARTS) is 1. The first-order valence-corrected chi connectivity index (χ1v) is 11.4. The largest absolute Gasteiger partial charge is 1.00 e. The molecule has 0 unspecified atom stereocenters. The zero-order valence-corrected chi connectivity index (χ0v) is 20.9. The Kier molecular flexibility index (Phi) is 8.37. The number of amides is 1. The minimum absolute atomic E-state index is 0. The molecule has 0 spiro atoms. The number of carbonyl (C=O) groups is 2. The predicted octanol–water partition coefficient (Wildman–Crippen LogP) is -0.157. The van der Waals surface area contributed by atoms with E-state index in [1.807, 2.05) is 48.7 Å². The zero-order valence-electron chi connectivity index (χ0n) is 18.1. The van der Waals surface area contributed by atoms with Crippen LogP contribution in [0.15, 0.2) is 66.9 Å². The van der Waals surface area contributed by atoms with Crippen LogP contribution in [0.2, 0.25) is 0 Å². The van der Waals surface area contributed by atoms with Gasteiger partial charge in [-0.05, 0) is 36.1 Å². The molecule has 2 aromatic carbocycles. The van der Waals surface area contributed by atoms with E-state index in [1.54, 1.807) is 12.3 Å². The molecular formula is C24H22N3NaO3S. The second-order valence-electron chi connectivity index (χ2n) is 7.30. The van der Waals surface area contributed by atoms with Gasteiger partial charge in [0.15, 0.2) is 0 Å². The normalized spacial score (nSPS) is 11.8. The van der Waals surface area contributed by atoms with Crippen molar-refractivity contribution >= 4 is 45.4 Å². The van der Waals surface area contributed by atoms with Gasteiger partial charge in [0.05, 0.1) is 23.7 Å². The first-order chi connectivity index (χ1) is 15.1. The molecule has 158 valence electrons. The van der Waals surface area contributed by atoms with Crippen LogP contribution < -0.4 is 40.0 Å². The van der Waals surface area contributed by atoms with Crippen LogP contribution in [0.1, 0.15) is 22.5 Å². The Morgan fingerprint density at radius 2 is 1.78 bits per heavy atom. The van der Waals surface area contributed by atoms with E-state index in [4.69, 9.17) is 0 Å². The molecule has 0 aliphatic heterocycles. The van der Waals surface area contributed by atoms with Crippen LogP contribution in [-0.4, -0.2) is 39.5 Å². The number of carboxylic acids is 1. The maximum absolute atomic E-state index is 12.7. The van der Waals surface area contributed by atoms with Crippen LogP contribution in [0.4, 0.5) is 0 Å². The summed E-state index contributed by atoms with van der Waals surface area (Å²) in [5, 5.41) is 15.8. The molecule has 1 amide bonds. The van der Waals surface area contributed by atoms with Gasteiger partial charge in [-0.2, -0.15) is 11.8 Å². The van der Waals surface area contributed by atoms with Crippen molar-refractivity contribution in [3.63, 3.8) is 0 Å². The number of rotatable bonds is 8. The summed E-state index contributed by atoms with van der Waals surface area (Å²) in [5.74, 6) is -1.20. The summed E-state index contributed by atoms with van der Waals surface area (Å²) in [5.41, 5.74) is 3.32. The Morgan fingerprint density at radius 3 is 2.50 bits per heavy atom. The monoisotopic (exact) mass is 455 g/mol. The summed E-state index contributed by atoms with van der Waals surface area (Å²) >= 11 is 1.52. The van der Waals surface area contributed by atoms with Crippen LogP contribution >= 0.6 is 11.8 Å². The van der Waals surface area contributed by atoms with E-state index < -0.39 is 17.9 Å². The summed E-state index contributed by atoms with van der Waals surface area (Å²) in [6.45, 7) is 0.680. The van der Waals surface area contributed by atoms with Gasteiger partial charge in [0.2, 0.25) is 0 Å². The molecule has 2 aromatic heterocycles. The van der Waals surface area contributed by atoms with Crippen molar-refractivity contribution in [2.45, 2.75) is 19.0 Å². The maximum Gasteiger partial charge on any atom is 1.00 e. The molecule has 1 atom stereocenters. The van der Waals surface area contributed by atoms with Crippen molar-refractivity contribution < 1.29 is 44.3 Å². The third-order valence-electron chi connectivity index (χ3n) is 5.28. The molecule has 0 saturated heterocycles. The number of nitrogens with one attached hydrogen (secondary N) is 1. The molecule has 0 radical (unpaired) electrons. The van der Waals surface area contributed by atoms with E-state index in [0.29, 0.717) is 18.7 Å². The van der Waals surface area contributed by atoms with Gasteiger partial charge in [0.1, 0.15) is 5.69 Å². The molecule has 0 saturated carbocycles. The average Bonchev–Trinajstić information content (AvgIpc) is 3.10. The minimum atomic E-state index is -1.29. The third-order valence-corrected chi connectivity index (χ3v) is 5.92. The number of aliphatic carboxylic acids is 1. The van der Waals surface area contributed by atoms with Gasteiger partial charge in [0.25, 0.3) is 5.91 Å². The van der Waals surface area contributed by atoms with Crippen LogP contribution in [0.5, 0.6) is 0 Å². The Hall–Kier alpha value is -2.32.